The summed E-state index contributed by atoms with van der Waals surface area (Å²) in [5.41, 5.74) is 0. The van der Waals surface area contributed by atoms with Gasteiger partial charge in [0.1, 0.15) is 0 Å². The van der Waals surface area contributed by atoms with Crippen molar-refractivity contribution < 1.29 is 23.7 Å². The van der Waals surface area contributed by atoms with Gasteiger partial charge in [-0.2, -0.15) is 55.4 Å². The Labute approximate surface area is 105 Å². The van der Waals surface area contributed by atoms with Gasteiger partial charge in [-0.3, -0.25) is 0 Å². The Morgan fingerprint density at radius 3 is 0.500 bits per heavy atom. The summed E-state index contributed by atoms with van der Waals surface area (Å²) in [5, 5.41) is 0. The molecule has 0 aliphatic carbocycles. The van der Waals surface area contributed by atoms with Gasteiger partial charge < -0.3 is 25.7 Å². The molecule has 0 aromatic rings. The van der Waals surface area contributed by atoms with Crippen LogP contribution < -0.4 is 0 Å². The van der Waals surface area contributed by atoms with Crippen LogP contribution in [-0.4, -0.2) is 0 Å². The molecule has 0 atom stereocenters. The first-order chi connectivity index (χ1) is 6.66. The third kappa shape index (κ3) is 6270. The Kier molecular flexibility index (Phi) is 217. The maximum absolute atomic E-state index is 8.25. The van der Waals surface area contributed by atoms with Crippen molar-refractivity contribution in [1.82, 2.24) is 0 Å². The summed E-state index contributed by atoms with van der Waals surface area (Å²) in [6.07, 6.45) is 8.00. The number of hydrogen-bond acceptors (Lipinski definition) is 1. The van der Waals surface area contributed by atoms with E-state index in [9.17, 15) is 0 Å². The fourth-order valence-corrected chi connectivity index (χ4v) is 0. The maximum atomic E-state index is 8.25. The van der Waals surface area contributed by atoms with Crippen molar-refractivity contribution >= 4 is 0 Å². The zero-order chi connectivity index (χ0) is 12.8. The summed E-state index contributed by atoms with van der Waals surface area (Å²) in [6.45, 7) is 16.0. The quantitative estimate of drug-likeness (QED) is 0.436. The molecule has 0 rings (SSSR count). The van der Waals surface area contributed by atoms with Gasteiger partial charge in [0, 0.05) is 0 Å². The second kappa shape index (κ2) is 104. The average molecular weight is 236 g/mol. The van der Waals surface area contributed by atoms with E-state index in [1.807, 2.05) is 81.1 Å². The van der Waals surface area contributed by atoms with Gasteiger partial charge in [-0.05, 0) is 0 Å². The first kappa shape index (κ1) is 29.3. The van der Waals surface area contributed by atoms with Gasteiger partial charge in [0.15, 0.2) is 0 Å². The third-order valence-electron chi connectivity index (χ3n) is 0. The van der Waals surface area contributed by atoms with Crippen molar-refractivity contribution in [2.45, 2.75) is 55.4 Å². The molecular weight excluding hydrogens is 208 g/mol. The summed E-state index contributed by atoms with van der Waals surface area (Å²) in [4.78, 5) is 0. The van der Waals surface area contributed by atoms with Crippen molar-refractivity contribution in [3.8, 4) is 0 Å². The third-order valence-corrected chi connectivity index (χ3v) is 0. The van der Waals surface area contributed by atoms with Crippen LogP contribution in [0.1, 0.15) is 55.4 Å². The Morgan fingerprint density at radius 1 is 0.500 bits per heavy atom. The summed E-state index contributed by atoms with van der Waals surface area (Å²) in [6, 6.07) is 0. The Hall–Kier alpha value is 0.514. The van der Waals surface area contributed by atoms with E-state index in [2.05, 4.69) is 0 Å². The Balaban J connectivity index is -0.0000000243. The van der Waals surface area contributed by atoms with Crippen LogP contribution in [-0.2, 0) is 23.7 Å². The predicted octanol–water partition coefficient (Wildman–Crippen LogP) is 4.80. The zero-order valence-corrected chi connectivity index (χ0v) is 12.8. The molecule has 0 amide bonds. The Morgan fingerprint density at radius 2 is 0.500 bits per heavy atom. The molecule has 0 aromatic heterocycles. The van der Waals surface area contributed by atoms with Crippen LogP contribution >= 0.6 is 0 Å². The molecule has 0 radical (unpaired) electrons. The van der Waals surface area contributed by atoms with E-state index in [1.165, 1.54) is 0 Å². The topological polar surface area (TPSA) is 17.1 Å². The van der Waals surface area contributed by atoms with Crippen LogP contribution in [0.4, 0.5) is 0 Å². The minimum atomic E-state index is 0.750. The summed E-state index contributed by atoms with van der Waals surface area (Å²) in [7, 11) is 0. The van der Waals surface area contributed by atoms with Crippen molar-refractivity contribution in [2.24, 2.45) is 0 Å². The van der Waals surface area contributed by atoms with E-state index in [-0.39, 0.29) is 0 Å². The normalized spacial score (nSPS) is 5.36. The van der Waals surface area contributed by atoms with E-state index < -0.39 is 0 Å². The molecule has 0 spiro atoms. The molecule has 0 saturated heterocycles. The molecule has 0 bridgehead atoms. The molecule has 2 heteroatoms. The fourth-order valence-electron chi connectivity index (χ4n) is 0. The molecule has 0 heterocycles. The van der Waals surface area contributed by atoms with Crippen molar-refractivity contribution in [3.63, 3.8) is 0 Å². The van der Waals surface area contributed by atoms with Crippen molar-refractivity contribution in [1.29, 1.82) is 0 Å². The monoisotopic (exact) mass is 236 g/mol. The molecule has 90 valence electrons. The predicted molar refractivity (Wildman–Crippen MR) is 63.3 cm³/mol. The molecule has 0 saturated carbocycles. The molecule has 0 aromatic carbocycles. The van der Waals surface area contributed by atoms with Gasteiger partial charge in [-0.25, -0.2) is 0 Å². The summed E-state index contributed by atoms with van der Waals surface area (Å²) in [5.74, 6) is 0. The van der Waals surface area contributed by atoms with E-state index in [1.54, 1.807) is 0 Å². The van der Waals surface area contributed by atoms with E-state index in [4.69, 9.17) is 3.32 Å². The fraction of sp³-hybridized carbons (Fsp3) is 0.667. The molecule has 0 aliphatic rings. The SMILES string of the molecule is C[CH-]C.C[CH-]C.C[CH-]C.C[CH-]C.[O]=[Ti]. The van der Waals surface area contributed by atoms with Gasteiger partial charge in [-0.15, -0.1) is 0 Å². The van der Waals surface area contributed by atoms with E-state index >= 15 is 0 Å². The van der Waals surface area contributed by atoms with Crippen molar-refractivity contribution in [2.75, 3.05) is 0 Å². The first-order valence-corrected chi connectivity index (χ1v) is 5.46. The molecule has 0 N–H and O–H groups in total. The summed E-state index contributed by atoms with van der Waals surface area (Å²) < 4.78 is 8.25. The summed E-state index contributed by atoms with van der Waals surface area (Å²) >= 11 is 0.750. The van der Waals surface area contributed by atoms with Gasteiger partial charge in [0.25, 0.3) is 0 Å². The second-order valence-corrected chi connectivity index (χ2v) is 2.31. The van der Waals surface area contributed by atoms with Crippen molar-refractivity contribution in [3.05, 3.63) is 25.7 Å². The van der Waals surface area contributed by atoms with Crippen LogP contribution in [0.15, 0.2) is 0 Å². The van der Waals surface area contributed by atoms with Gasteiger partial charge in [0.2, 0.25) is 0 Å². The van der Waals surface area contributed by atoms with Crippen LogP contribution in [0.25, 0.3) is 0 Å². The second-order valence-electron chi connectivity index (χ2n) is 2.31. The van der Waals surface area contributed by atoms with Gasteiger partial charge in [0.05, 0.1) is 0 Å². The number of hydrogen-bond donors (Lipinski definition) is 0. The Bertz CT molecular complexity index is 25.5. The molecule has 14 heavy (non-hydrogen) atoms. The molecule has 0 unspecified atom stereocenters. The molecular formula is C12H28OTi-4. The van der Waals surface area contributed by atoms with Crippen LogP contribution in [0.3, 0.4) is 0 Å². The molecule has 0 aliphatic heterocycles. The molecule has 0 fully saturated rings. The van der Waals surface area contributed by atoms with Crippen LogP contribution in [0.2, 0.25) is 0 Å². The van der Waals surface area contributed by atoms with Crippen LogP contribution in [0, 0.1) is 25.7 Å². The zero-order valence-electron chi connectivity index (χ0n) is 11.2. The van der Waals surface area contributed by atoms with E-state index in [0.717, 1.165) is 20.4 Å². The first-order valence-electron chi connectivity index (χ1n) is 4.82. The average Bonchev–Trinajstić information content (AvgIpc) is 2.12. The standard InChI is InChI=1S/4C3H7.O.Ti/c4*1-3-2;;/h4*3H,1-2H3;;/q4*-1;;. The number of rotatable bonds is 0. The van der Waals surface area contributed by atoms with Gasteiger partial charge in [-0.1, -0.05) is 0 Å². The van der Waals surface area contributed by atoms with Gasteiger partial charge >= 0.3 is 23.7 Å². The van der Waals surface area contributed by atoms with E-state index in [0.29, 0.717) is 0 Å². The van der Waals surface area contributed by atoms with Crippen LogP contribution in [0.5, 0.6) is 0 Å². The minimum absolute atomic E-state index is 0.750. The molecule has 1 nitrogen and oxygen atoms in total.